The number of anilines is 1. The van der Waals surface area contributed by atoms with Crippen LogP contribution in [-0.2, 0) is 6.42 Å². The fourth-order valence-corrected chi connectivity index (χ4v) is 2.04. The van der Waals surface area contributed by atoms with Gasteiger partial charge in [-0.05, 0) is 48.4 Å². The first kappa shape index (κ1) is 14.9. The molecule has 116 valence electrons. The Bertz CT molecular complexity index is 811. The van der Waals surface area contributed by atoms with Gasteiger partial charge in [-0.15, -0.1) is 5.10 Å². The number of carbonyl (C=O) groups excluding carboxylic acids is 1. The molecule has 0 atom stereocenters. The van der Waals surface area contributed by atoms with Gasteiger partial charge in [-0.1, -0.05) is 24.2 Å². The highest BCUT2D eigenvalue weighted by molar-refractivity contribution is 6.03. The molecule has 1 aromatic heterocycles. The molecule has 3 aromatic rings. The van der Waals surface area contributed by atoms with Crippen LogP contribution >= 0.6 is 0 Å². The van der Waals surface area contributed by atoms with Gasteiger partial charge in [0.1, 0.15) is 5.82 Å². The largest absolute Gasteiger partial charge is 0.403 e. The molecule has 0 spiro atoms. The second-order valence-electron chi connectivity index (χ2n) is 4.92. The molecule has 1 heterocycles. The summed E-state index contributed by atoms with van der Waals surface area (Å²) in [6.07, 6.45) is 0.909. The zero-order valence-corrected chi connectivity index (χ0v) is 12.4. The number of amides is 1. The molecule has 0 aliphatic heterocycles. The van der Waals surface area contributed by atoms with E-state index in [2.05, 4.69) is 15.5 Å². The van der Waals surface area contributed by atoms with Gasteiger partial charge in [0.15, 0.2) is 0 Å². The second-order valence-corrected chi connectivity index (χ2v) is 4.92. The van der Waals surface area contributed by atoms with Crippen molar-refractivity contribution in [1.29, 1.82) is 0 Å². The molecule has 3 rings (SSSR count). The van der Waals surface area contributed by atoms with Crippen molar-refractivity contribution in [3.63, 3.8) is 0 Å². The molecule has 0 fully saturated rings. The highest BCUT2D eigenvalue weighted by Crippen LogP contribution is 2.20. The van der Waals surface area contributed by atoms with E-state index in [1.807, 2.05) is 19.1 Å². The van der Waals surface area contributed by atoms with Crippen LogP contribution in [0.3, 0.4) is 0 Å². The minimum absolute atomic E-state index is 0.00565. The lowest BCUT2D eigenvalue weighted by Gasteiger charge is -2.01. The number of hydrogen-bond acceptors (Lipinski definition) is 4. The molecule has 23 heavy (non-hydrogen) atoms. The molecule has 0 unspecified atom stereocenters. The summed E-state index contributed by atoms with van der Waals surface area (Å²) in [4.78, 5) is 12.1. The van der Waals surface area contributed by atoms with Gasteiger partial charge >= 0.3 is 6.01 Å². The number of halogens is 1. The van der Waals surface area contributed by atoms with Gasteiger partial charge in [-0.2, -0.15) is 0 Å². The number of nitrogens with one attached hydrogen (secondary N) is 1. The zero-order valence-electron chi connectivity index (χ0n) is 12.4. The van der Waals surface area contributed by atoms with E-state index >= 15 is 0 Å². The Kier molecular flexibility index (Phi) is 4.14. The van der Waals surface area contributed by atoms with Gasteiger partial charge in [-0.25, -0.2) is 4.39 Å². The molecule has 0 aliphatic rings. The van der Waals surface area contributed by atoms with Crippen LogP contribution in [0.1, 0.15) is 22.8 Å². The van der Waals surface area contributed by atoms with E-state index in [-0.39, 0.29) is 23.6 Å². The SMILES string of the molecule is CCc1ccc(C(=O)Nc2nnc(-c3ccc(F)cc3)o2)cc1. The number of benzene rings is 2. The van der Waals surface area contributed by atoms with Gasteiger partial charge in [0.2, 0.25) is 5.89 Å². The minimum atomic E-state index is -0.350. The topological polar surface area (TPSA) is 68.0 Å². The van der Waals surface area contributed by atoms with Gasteiger partial charge in [0, 0.05) is 11.1 Å². The smallest absolute Gasteiger partial charge is 0.322 e. The molecule has 0 aliphatic carbocycles. The number of rotatable bonds is 4. The normalized spacial score (nSPS) is 10.5. The predicted molar refractivity (Wildman–Crippen MR) is 83.5 cm³/mol. The van der Waals surface area contributed by atoms with Crippen molar-refractivity contribution >= 4 is 11.9 Å². The Labute approximate surface area is 132 Å². The molecule has 1 N–H and O–H groups in total. The van der Waals surface area contributed by atoms with E-state index in [4.69, 9.17) is 4.42 Å². The Morgan fingerprint density at radius 3 is 2.43 bits per heavy atom. The third-order valence-electron chi connectivity index (χ3n) is 3.36. The Balaban J connectivity index is 1.73. The number of hydrogen-bond donors (Lipinski definition) is 1. The molecular weight excluding hydrogens is 297 g/mol. The quantitative estimate of drug-likeness (QED) is 0.798. The molecule has 0 bridgehead atoms. The maximum absolute atomic E-state index is 12.9. The maximum Gasteiger partial charge on any atom is 0.322 e. The van der Waals surface area contributed by atoms with Crippen molar-refractivity contribution in [1.82, 2.24) is 10.2 Å². The summed E-state index contributed by atoms with van der Waals surface area (Å²) in [7, 11) is 0. The molecular formula is C17H14FN3O2. The maximum atomic E-state index is 12.9. The monoisotopic (exact) mass is 311 g/mol. The lowest BCUT2D eigenvalue weighted by molar-refractivity contribution is 0.102. The highest BCUT2D eigenvalue weighted by Gasteiger charge is 2.12. The molecule has 1 amide bonds. The molecule has 0 radical (unpaired) electrons. The Morgan fingerprint density at radius 2 is 1.78 bits per heavy atom. The molecule has 6 heteroatoms. The summed E-state index contributed by atoms with van der Waals surface area (Å²) in [5.74, 6) is -0.471. The van der Waals surface area contributed by atoms with Crippen molar-refractivity contribution < 1.29 is 13.6 Å². The molecule has 5 nitrogen and oxygen atoms in total. The Morgan fingerprint density at radius 1 is 1.09 bits per heavy atom. The van der Waals surface area contributed by atoms with Gasteiger partial charge in [0.25, 0.3) is 5.91 Å². The van der Waals surface area contributed by atoms with Crippen LogP contribution in [0.15, 0.2) is 52.9 Å². The van der Waals surface area contributed by atoms with Crippen molar-refractivity contribution in [2.75, 3.05) is 5.32 Å². The van der Waals surface area contributed by atoms with E-state index in [1.54, 1.807) is 12.1 Å². The van der Waals surface area contributed by atoms with E-state index < -0.39 is 0 Å². The summed E-state index contributed by atoms with van der Waals surface area (Å²) < 4.78 is 18.3. The van der Waals surface area contributed by atoms with E-state index in [1.165, 1.54) is 24.3 Å². The average molecular weight is 311 g/mol. The van der Waals surface area contributed by atoms with Crippen molar-refractivity contribution in [2.45, 2.75) is 13.3 Å². The predicted octanol–water partition coefficient (Wildman–Crippen LogP) is 3.69. The van der Waals surface area contributed by atoms with Crippen molar-refractivity contribution in [2.24, 2.45) is 0 Å². The van der Waals surface area contributed by atoms with E-state index in [0.29, 0.717) is 11.1 Å². The summed E-state index contributed by atoms with van der Waals surface area (Å²) in [6.45, 7) is 2.05. The van der Waals surface area contributed by atoms with Crippen LogP contribution in [0.25, 0.3) is 11.5 Å². The van der Waals surface area contributed by atoms with E-state index in [9.17, 15) is 9.18 Å². The number of nitrogens with zero attached hydrogens (tertiary/aromatic N) is 2. The zero-order chi connectivity index (χ0) is 16.2. The molecule has 0 saturated heterocycles. The first-order valence-corrected chi connectivity index (χ1v) is 7.15. The van der Waals surface area contributed by atoms with Crippen LogP contribution in [-0.4, -0.2) is 16.1 Å². The lowest BCUT2D eigenvalue weighted by atomic mass is 10.1. The highest BCUT2D eigenvalue weighted by atomic mass is 19.1. The second kappa shape index (κ2) is 6.39. The number of aryl methyl sites for hydroxylation is 1. The number of aromatic nitrogens is 2. The first-order chi connectivity index (χ1) is 11.2. The number of carbonyl (C=O) groups is 1. The molecule has 0 saturated carbocycles. The third-order valence-corrected chi connectivity index (χ3v) is 3.36. The summed E-state index contributed by atoms with van der Waals surface area (Å²) in [6, 6.07) is 12.9. The molecule has 2 aromatic carbocycles. The summed E-state index contributed by atoms with van der Waals surface area (Å²) >= 11 is 0. The minimum Gasteiger partial charge on any atom is -0.403 e. The summed E-state index contributed by atoms with van der Waals surface area (Å²) in [5.41, 5.74) is 2.23. The van der Waals surface area contributed by atoms with Crippen molar-refractivity contribution in [3.05, 3.63) is 65.5 Å². The van der Waals surface area contributed by atoms with Crippen LogP contribution < -0.4 is 5.32 Å². The van der Waals surface area contributed by atoms with Crippen LogP contribution in [0.4, 0.5) is 10.4 Å². The van der Waals surface area contributed by atoms with Crippen LogP contribution in [0.5, 0.6) is 0 Å². The Hall–Kier alpha value is -3.02. The van der Waals surface area contributed by atoms with E-state index in [0.717, 1.165) is 12.0 Å². The van der Waals surface area contributed by atoms with Gasteiger partial charge < -0.3 is 4.42 Å². The van der Waals surface area contributed by atoms with Crippen LogP contribution in [0.2, 0.25) is 0 Å². The van der Waals surface area contributed by atoms with Crippen molar-refractivity contribution in [3.8, 4) is 11.5 Å². The average Bonchev–Trinajstić information content (AvgIpc) is 3.04. The van der Waals surface area contributed by atoms with Crippen LogP contribution in [0, 0.1) is 5.82 Å². The van der Waals surface area contributed by atoms with Gasteiger partial charge in [0.05, 0.1) is 0 Å². The lowest BCUT2D eigenvalue weighted by Crippen LogP contribution is -2.12. The standard InChI is InChI=1S/C17H14FN3O2/c1-2-11-3-5-12(6-4-11)15(22)19-17-21-20-16(23-17)13-7-9-14(18)10-8-13/h3-10H,2H2,1H3,(H,19,21,22). The third kappa shape index (κ3) is 3.42. The van der Waals surface area contributed by atoms with Gasteiger partial charge in [-0.3, -0.25) is 10.1 Å². The summed E-state index contributed by atoms with van der Waals surface area (Å²) in [5, 5.41) is 10.2. The fraction of sp³-hybridized carbons (Fsp3) is 0.118. The fourth-order valence-electron chi connectivity index (χ4n) is 2.04. The first-order valence-electron chi connectivity index (χ1n) is 7.15.